The van der Waals surface area contributed by atoms with E-state index < -0.39 is 11.7 Å². The molecule has 1 aliphatic rings. The van der Waals surface area contributed by atoms with Crippen molar-refractivity contribution in [3.8, 4) is 0 Å². The number of carbonyl (C=O) groups excluding carboxylic acids is 1. The van der Waals surface area contributed by atoms with E-state index in [2.05, 4.69) is 25.9 Å². The number of nitrogen functional groups attached to an aromatic ring is 1. The summed E-state index contributed by atoms with van der Waals surface area (Å²) in [5, 5.41) is 20.8. The number of rotatable bonds is 4. The van der Waals surface area contributed by atoms with Crippen LogP contribution in [0.15, 0.2) is 35.2 Å². The van der Waals surface area contributed by atoms with Gasteiger partial charge < -0.3 is 15.9 Å². The zero-order valence-electron chi connectivity index (χ0n) is 15.4. The van der Waals surface area contributed by atoms with Crippen molar-refractivity contribution in [1.29, 1.82) is 0 Å². The molecule has 0 aromatic carbocycles. The van der Waals surface area contributed by atoms with E-state index in [1.165, 1.54) is 0 Å². The molecule has 6 nitrogen and oxygen atoms in total. The Kier molecular flexibility index (Phi) is 5.65. The number of aromatic nitrogens is 2. The number of anilines is 1. The maximum absolute atomic E-state index is 12.8. The molecule has 0 saturated heterocycles. The highest BCUT2D eigenvalue weighted by atomic mass is 79.9. The summed E-state index contributed by atoms with van der Waals surface area (Å²) in [7, 11) is 0. The van der Waals surface area contributed by atoms with E-state index in [0.29, 0.717) is 16.7 Å². The van der Waals surface area contributed by atoms with Gasteiger partial charge in [0.15, 0.2) is 5.78 Å². The third kappa shape index (κ3) is 4.05. The Balaban J connectivity index is 1.87. The van der Waals surface area contributed by atoms with E-state index in [4.69, 9.17) is 5.73 Å². The smallest absolute Gasteiger partial charge is 0.187 e. The third-order valence-electron chi connectivity index (χ3n) is 5.71. The Bertz CT molecular complexity index is 842. The van der Waals surface area contributed by atoms with Crippen molar-refractivity contribution >= 4 is 27.4 Å². The predicted octanol–water partition coefficient (Wildman–Crippen LogP) is 2.87. The van der Waals surface area contributed by atoms with Crippen LogP contribution in [0, 0.1) is 5.92 Å². The highest BCUT2D eigenvalue weighted by molar-refractivity contribution is 9.10. The van der Waals surface area contributed by atoms with Crippen molar-refractivity contribution in [2.75, 3.05) is 5.73 Å². The Morgan fingerprint density at radius 1 is 1.37 bits per heavy atom. The number of carbonyl (C=O) groups is 1. The maximum atomic E-state index is 12.8. The first-order valence-corrected chi connectivity index (χ1v) is 9.78. The summed E-state index contributed by atoms with van der Waals surface area (Å²) >= 11 is 3.27. The van der Waals surface area contributed by atoms with Gasteiger partial charge in [-0.05, 0) is 76.9 Å². The highest BCUT2D eigenvalue weighted by Gasteiger charge is 2.43. The summed E-state index contributed by atoms with van der Waals surface area (Å²) in [6.45, 7) is 3.62. The number of nitrogens with two attached hydrogens (primary N) is 1. The van der Waals surface area contributed by atoms with E-state index in [1.54, 1.807) is 31.5 Å². The molecule has 1 aliphatic carbocycles. The largest absolute Gasteiger partial charge is 0.397 e. The zero-order valence-corrected chi connectivity index (χ0v) is 17.0. The van der Waals surface area contributed by atoms with Crippen LogP contribution in [0.5, 0.6) is 0 Å². The van der Waals surface area contributed by atoms with Gasteiger partial charge in [-0.1, -0.05) is 6.92 Å². The Hall–Kier alpha value is -1.83. The number of pyridine rings is 2. The lowest BCUT2D eigenvalue weighted by molar-refractivity contribution is -0.123. The Labute approximate surface area is 167 Å². The molecule has 4 N–H and O–H groups in total. The first-order valence-electron chi connectivity index (χ1n) is 8.98. The quantitative estimate of drug-likeness (QED) is 0.505. The number of Topliss-reactive ketones (excluding diaryl/α,β-unsaturated/α-hetero) is 1. The normalized spacial score (nSPS) is 28.1. The number of halogens is 1. The van der Waals surface area contributed by atoms with Crippen LogP contribution in [0.4, 0.5) is 5.69 Å². The topological polar surface area (TPSA) is 109 Å². The van der Waals surface area contributed by atoms with Gasteiger partial charge in [-0.2, -0.15) is 0 Å². The minimum absolute atomic E-state index is 0.0499. The molecule has 1 fully saturated rings. The lowest BCUT2D eigenvalue weighted by Gasteiger charge is -2.43. The summed E-state index contributed by atoms with van der Waals surface area (Å²) in [6.07, 6.45) is 3.87. The minimum Gasteiger partial charge on any atom is -0.397 e. The molecule has 144 valence electrons. The lowest BCUT2D eigenvalue weighted by atomic mass is 9.68. The number of hydrogen-bond acceptors (Lipinski definition) is 6. The van der Waals surface area contributed by atoms with Crippen LogP contribution in [0.1, 0.15) is 54.2 Å². The van der Waals surface area contributed by atoms with Crippen LogP contribution in [-0.2, 0) is 6.42 Å². The second-order valence-electron chi connectivity index (χ2n) is 7.56. The van der Waals surface area contributed by atoms with Gasteiger partial charge in [0.2, 0.25) is 0 Å². The van der Waals surface area contributed by atoms with Crippen LogP contribution in [0.2, 0.25) is 0 Å². The van der Waals surface area contributed by atoms with Crippen molar-refractivity contribution in [1.82, 2.24) is 9.97 Å². The molecule has 27 heavy (non-hydrogen) atoms. The lowest BCUT2D eigenvalue weighted by Crippen LogP contribution is -2.49. The average molecular weight is 434 g/mol. The number of nitrogens with zero attached hydrogens (tertiary/aromatic N) is 2. The third-order valence-corrected chi connectivity index (χ3v) is 6.15. The van der Waals surface area contributed by atoms with E-state index in [-0.39, 0.29) is 29.7 Å². The average Bonchev–Trinajstić information content (AvgIpc) is 2.62. The number of ketones is 1. The fraction of sp³-hybridized carbons (Fsp3) is 0.450. The summed E-state index contributed by atoms with van der Waals surface area (Å²) in [5.41, 5.74) is 7.16. The number of aliphatic hydroxyl groups is 2. The van der Waals surface area contributed by atoms with E-state index >= 15 is 0 Å². The molecule has 3 rings (SSSR count). The Morgan fingerprint density at radius 2 is 2.11 bits per heavy atom. The number of hydrogen-bond donors (Lipinski definition) is 3. The first-order chi connectivity index (χ1) is 12.7. The molecule has 7 heteroatoms. The summed E-state index contributed by atoms with van der Waals surface area (Å²) in [4.78, 5) is 21.1. The van der Waals surface area contributed by atoms with Gasteiger partial charge in [0.05, 0.1) is 17.4 Å². The molecule has 0 aliphatic heterocycles. The monoisotopic (exact) mass is 433 g/mol. The van der Waals surface area contributed by atoms with Crippen molar-refractivity contribution < 1.29 is 15.0 Å². The van der Waals surface area contributed by atoms with Gasteiger partial charge in [0.25, 0.3) is 0 Å². The van der Waals surface area contributed by atoms with E-state index in [0.717, 1.165) is 17.5 Å². The molecule has 2 aromatic rings. The van der Waals surface area contributed by atoms with Crippen LogP contribution in [0.3, 0.4) is 0 Å². The van der Waals surface area contributed by atoms with Gasteiger partial charge in [-0.25, -0.2) is 4.98 Å². The first kappa shape index (κ1) is 19.9. The van der Waals surface area contributed by atoms with Gasteiger partial charge in [0, 0.05) is 18.8 Å². The molecule has 0 radical (unpaired) electrons. The predicted molar refractivity (Wildman–Crippen MR) is 106 cm³/mol. The summed E-state index contributed by atoms with van der Waals surface area (Å²) in [5.74, 6) is -0.196. The minimum atomic E-state index is -1.10. The van der Waals surface area contributed by atoms with Gasteiger partial charge in [0.1, 0.15) is 10.3 Å². The second kappa shape index (κ2) is 7.66. The van der Waals surface area contributed by atoms with Gasteiger partial charge >= 0.3 is 0 Å². The molecule has 1 saturated carbocycles. The van der Waals surface area contributed by atoms with Crippen molar-refractivity contribution in [3.63, 3.8) is 0 Å². The molecule has 0 amide bonds. The number of aliphatic hydroxyl groups excluding tert-OH is 1. The molecule has 0 unspecified atom stereocenters. The van der Waals surface area contributed by atoms with Gasteiger partial charge in [-0.3, -0.25) is 9.78 Å². The fourth-order valence-corrected chi connectivity index (χ4v) is 4.07. The molecule has 2 heterocycles. The van der Waals surface area contributed by atoms with Crippen LogP contribution in [-0.4, -0.2) is 37.7 Å². The van der Waals surface area contributed by atoms with Crippen molar-refractivity contribution in [3.05, 3.63) is 52.0 Å². The molecule has 0 spiro atoms. The molecular formula is C20H24BrN3O3. The molecule has 4 atom stereocenters. The van der Waals surface area contributed by atoms with Crippen molar-refractivity contribution in [2.45, 2.75) is 50.7 Å². The standard InChI is InChI=1S/C20H24BrN3O3/c1-11-7-12(9-17(26)20(11,2)27)14-5-6-23-10-13(14)8-16(25)19-15(22)3-4-18(21)24-19/h3-6,10-12,17,26-27H,7-9,22H2,1-2H3/t11-,12+,17+,20+/m0/s1. The van der Waals surface area contributed by atoms with Crippen LogP contribution >= 0.6 is 15.9 Å². The SMILES string of the molecule is C[C@H]1C[C@@H](c2ccncc2CC(=O)c2nc(Br)ccc2N)C[C@@H](O)[C@]1(C)O. The van der Waals surface area contributed by atoms with Crippen molar-refractivity contribution in [2.24, 2.45) is 5.92 Å². The van der Waals surface area contributed by atoms with Gasteiger partial charge in [-0.15, -0.1) is 0 Å². The molecule has 2 aromatic heterocycles. The van der Waals surface area contributed by atoms with Crippen LogP contribution in [0.25, 0.3) is 0 Å². The van der Waals surface area contributed by atoms with Crippen LogP contribution < -0.4 is 5.73 Å². The molecule has 0 bridgehead atoms. The van der Waals surface area contributed by atoms with E-state index in [9.17, 15) is 15.0 Å². The summed E-state index contributed by atoms with van der Waals surface area (Å²) < 4.78 is 0.554. The summed E-state index contributed by atoms with van der Waals surface area (Å²) in [6, 6.07) is 5.23. The second-order valence-corrected chi connectivity index (χ2v) is 8.37. The highest BCUT2D eigenvalue weighted by Crippen LogP contribution is 2.42. The van der Waals surface area contributed by atoms with E-state index in [1.807, 2.05) is 13.0 Å². The fourth-order valence-electron chi connectivity index (χ4n) is 3.76. The Morgan fingerprint density at radius 3 is 2.81 bits per heavy atom. The zero-order chi connectivity index (χ0) is 19.8. The molecular weight excluding hydrogens is 410 g/mol. The maximum Gasteiger partial charge on any atom is 0.187 e.